The molecule has 18 heavy (non-hydrogen) atoms. The molecule has 1 fully saturated rings. The monoisotopic (exact) mass is 260 g/mol. The topological polar surface area (TPSA) is 41.6 Å². The Balaban J connectivity index is 0. The van der Waals surface area contributed by atoms with Crippen LogP contribution in [0.15, 0.2) is 0 Å². The van der Waals surface area contributed by atoms with E-state index in [9.17, 15) is 4.79 Å². The van der Waals surface area contributed by atoms with Gasteiger partial charge in [0.15, 0.2) is 5.78 Å². The molecule has 0 spiro atoms. The fourth-order valence-corrected chi connectivity index (χ4v) is 1.95. The van der Waals surface area contributed by atoms with Crippen LogP contribution in [-0.4, -0.2) is 56.1 Å². The van der Waals surface area contributed by atoms with Crippen molar-refractivity contribution in [1.29, 1.82) is 0 Å². The highest BCUT2D eigenvalue weighted by molar-refractivity contribution is 5.85. The fraction of sp³-hybridized carbons (Fsp3) is 0.929. The van der Waals surface area contributed by atoms with Crippen molar-refractivity contribution in [3.63, 3.8) is 0 Å². The van der Waals surface area contributed by atoms with Crippen molar-refractivity contribution in [3.8, 4) is 0 Å². The lowest BCUT2D eigenvalue weighted by atomic mass is 10.0. The normalized spacial score (nSPS) is 18.1. The van der Waals surface area contributed by atoms with E-state index < -0.39 is 0 Å². The van der Waals surface area contributed by atoms with E-state index in [-0.39, 0.29) is 13.4 Å². The summed E-state index contributed by atoms with van der Waals surface area (Å²) in [6.45, 7) is 15.1. The van der Waals surface area contributed by atoms with Crippen molar-refractivity contribution in [2.24, 2.45) is 5.92 Å². The quantitative estimate of drug-likeness (QED) is 0.790. The van der Waals surface area contributed by atoms with Crippen molar-refractivity contribution in [2.75, 3.05) is 39.4 Å². The molecule has 0 aromatic carbocycles. The second-order valence-electron chi connectivity index (χ2n) is 4.58. The number of nitrogens with zero attached hydrogens (tertiary/aromatic N) is 1. The Bertz CT molecular complexity index is 219. The second kappa shape index (κ2) is 10.5. The van der Waals surface area contributed by atoms with Gasteiger partial charge in [0.2, 0.25) is 0 Å². The summed E-state index contributed by atoms with van der Waals surface area (Å²) in [7, 11) is 0. The number of carbonyl (C=O) groups excluding carboxylic acids is 1. The molecule has 1 unspecified atom stereocenters. The van der Waals surface area contributed by atoms with Crippen LogP contribution in [0.2, 0.25) is 0 Å². The Morgan fingerprint density at radius 2 is 1.89 bits per heavy atom. The Kier molecular flexibility index (Phi) is 10.2. The van der Waals surface area contributed by atoms with E-state index in [0.29, 0.717) is 5.78 Å². The summed E-state index contributed by atoms with van der Waals surface area (Å²) in [5.74, 6) is 0.415. The molecule has 0 radical (unpaired) electrons. The smallest absolute Gasteiger partial charge is 0.153 e. The third kappa shape index (κ3) is 6.47. The van der Waals surface area contributed by atoms with Crippen LogP contribution >= 0.6 is 0 Å². The van der Waals surface area contributed by atoms with Crippen LogP contribution in [0.25, 0.3) is 0 Å². The minimum atomic E-state index is -0.0249. The summed E-state index contributed by atoms with van der Waals surface area (Å²) in [6, 6.07) is -0.0249. The van der Waals surface area contributed by atoms with Crippen LogP contribution in [0.4, 0.5) is 0 Å². The van der Waals surface area contributed by atoms with Gasteiger partial charge in [0, 0.05) is 27.0 Å². The molecule has 0 aliphatic carbocycles. The highest BCUT2D eigenvalue weighted by Crippen LogP contribution is 2.04. The van der Waals surface area contributed by atoms with Gasteiger partial charge in [-0.05, 0) is 6.54 Å². The van der Waals surface area contributed by atoms with E-state index >= 15 is 0 Å². The molecule has 110 valence electrons. The molecule has 0 aromatic rings. The number of morpholine rings is 1. The average Bonchev–Trinajstić information content (AvgIpc) is 2.41. The van der Waals surface area contributed by atoms with Crippen LogP contribution in [0.1, 0.15) is 36.0 Å². The maximum atomic E-state index is 12.0. The van der Waals surface area contributed by atoms with Gasteiger partial charge < -0.3 is 10.1 Å². The van der Waals surface area contributed by atoms with Gasteiger partial charge in [-0.15, -0.1) is 0 Å². The first-order valence-electron chi connectivity index (χ1n) is 7.22. The number of nitrogens with one attached hydrogen (secondary N) is 1. The maximum absolute atomic E-state index is 12.0. The second-order valence-corrected chi connectivity index (χ2v) is 4.58. The van der Waals surface area contributed by atoms with E-state index in [1.54, 1.807) is 0 Å². The minimum absolute atomic E-state index is 0. The zero-order chi connectivity index (χ0) is 14.0. The Labute approximate surface area is 114 Å². The SMILES string of the molecule is CC.CCNC(CN1CCOCC1)C(=O)C(C)C.[HH]. The average molecular weight is 260 g/mol. The van der Waals surface area contributed by atoms with Gasteiger partial charge >= 0.3 is 0 Å². The number of carbonyl (C=O) groups is 1. The van der Waals surface area contributed by atoms with Crippen LogP contribution in [0, 0.1) is 5.92 Å². The summed E-state index contributed by atoms with van der Waals surface area (Å²) in [4.78, 5) is 14.3. The van der Waals surface area contributed by atoms with E-state index in [1.807, 2.05) is 34.6 Å². The van der Waals surface area contributed by atoms with Crippen molar-refractivity contribution in [3.05, 3.63) is 0 Å². The van der Waals surface area contributed by atoms with E-state index in [1.165, 1.54) is 0 Å². The van der Waals surface area contributed by atoms with Gasteiger partial charge in [-0.3, -0.25) is 9.69 Å². The molecule has 1 aliphatic heterocycles. The maximum Gasteiger partial charge on any atom is 0.153 e. The van der Waals surface area contributed by atoms with E-state index in [0.717, 1.165) is 39.4 Å². The number of ether oxygens (including phenoxy) is 1. The molecule has 1 atom stereocenters. The van der Waals surface area contributed by atoms with Crippen molar-refractivity contribution in [2.45, 2.75) is 40.7 Å². The summed E-state index contributed by atoms with van der Waals surface area (Å²) in [6.07, 6.45) is 0. The molecule has 0 saturated carbocycles. The predicted molar refractivity (Wildman–Crippen MR) is 78.0 cm³/mol. The first kappa shape index (κ1) is 17.6. The highest BCUT2D eigenvalue weighted by Gasteiger charge is 2.23. The third-order valence-corrected chi connectivity index (χ3v) is 2.91. The highest BCUT2D eigenvalue weighted by atomic mass is 16.5. The van der Waals surface area contributed by atoms with Gasteiger partial charge in [0.1, 0.15) is 0 Å². The zero-order valence-electron chi connectivity index (χ0n) is 12.7. The van der Waals surface area contributed by atoms with Crippen LogP contribution in [0.3, 0.4) is 0 Å². The molecule has 1 heterocycles. The molecule has 1 rings (SSSR count). The lowest BCUT2D eigenvalue weighted by Crippen LogP contribution is -2.50. The summed E-state index contributed by atoms with van der Waals surface area (Å²) < 4.78 is 5.30. The predicted octanol–water partition coefficient (Wildman–Crippen LogP) is 1.79. The Hall–Kier alpha value is -0.450. The number of likely N-dealkylation sites (N-methyl/N-ethyl adjacent to an activating group) is 1. The number of hydrogen-bond acceptors (Lipinski definition) is 4. The Morgan fingerprint density at radius 1 is 1.33 bits per heavy atom. The molecule has 4 nitrogen and oxygen atoms in total. The molecule has 1 saturated heterocycles. The van der Waals surface area contributed by atoms with Gasteiger partial charge in [-0.25, -0.2) is 0 Å². The minimum Gasteiger partial charge on any atom is -0.379 e. The Morgan fingerprint density at radius 3 is 2.33 bits per heavy atom. The van der Waals surface area contributed by atoms with Gasteiger partial charge in [-0.2, -0.15) is 0 Å². The van der Waals surface area contributed by atoms with E-state index in [2.05, 4.69) is 10.2 Å². The first-order chi connectivity index (χ1) is 8.65. The third-order valence-electron chi connectivity index (χ3n) is 2.91. The standard InChI is InChI=1S/C12H24N2O2.C2H6.H2/c1-4-13-11(12(15)10(2)3)9-14-5-7-16-8-6-14;1-2;/h10-11,13H,4-9H2,1-3H3;1-2H3;1H. The van der Waals surface area contributed by atoms with Crippen molar-refractivity contribution in [1.82, 2.24) is 10.2 Å². The molecule has 0 aromatic heterocycles. The van der Waals surface area contributed by atoms with Gasteiger partial charge in [0.25, 0.3) is 0 Å². The molecular weight excluding hydrogens is 228 g/mol. The van der Waals surface area contributed by atoms with Crippen molar-refractivity contribution >= 4 is 5.78 Å². The lowest BCUT2D eigenvalue weighted by molar-refractivity contribution is -0.124. The van der Waals surface area contributed by atoms with Crippen LogP contribution in [0.5, 0.6) is 0 Å². The number of Topliss-reactive ketones (excluding diaryl/α,β-unsaturated/α-hetero) is 1. The summed E-state index contributed by atoms with van der Waals surface area (Å²) in [5.41, 5.74) is 0. The lowest BCUT2D eigenvalue weighted by Gasteiger charge is -2.30. The van der Waals surface area contributed by atoms with Gasteiger partial charge in [0.05, 0.1) is 19.3 Å². The summed E-state index contributed by atoms with van der Waals surface area (Å²) >= 11 is 0. The van der Waals surface area contributed by atoms with Crippen LogP contribution < -0.4 is 5.32 Å². The number of ketones is 1. The molecule has 1 N–H and O–H groups in total. The summed E-state index contributed by atoms with van der Waals surface area (Å²) in [5, 5.41) is 3.28. The zero-order valence-corrected chi connectivity index (χ0v) is 12.7. The molecule has 0 amide bonds. The van der Waals surface area contributed by atoms with E-state index in [4.69, 9.17) is 4.74 Å². The molecular formula is C14H32N2O2. The van der Waals surface area contributed by atoms with Gasteiger partial charge in [-0.1, -0.05) is 34.6 Å². The number of hydrogen-bond donors (Lipinski definition) is 1. The molecule has 4 heteroatoms. The van der Waals surface area contributed by atoms with Crippen molar-refractivity contribution < 1.29 is 11.0 Å². The van der Waals surface area contributed by atoms with Crippen LogP contribution in [-0.2, 0) is 9.53 Å². The molecule has 0 bridgehead atoms. The fourth-order valence-electron chi connectivity index (χ4n) is 1.95. The number of rotatable bonds is 6. The largest absolute Gasteiger partial charge is 0.379 e. The molecule has 1 aliphatic rings. The first-order valence-corrected chi connectivity index (χ1v) is 7.22.